The lowest BCUT2D eigenvalue weighted by Gasteiger charge is -2.19. The molecule has 0 atom stereocenters. The van der Waals surface area contributed by atoms with E-state index >= 15 is 0 Å². The van der Waals surface area contributed by atoms with E-state index in [2.05, 4.69) is 22.8 Å². The van der Waals surface area contributed by atoms with Crippen molar-refractivity contribution in [2.24, 2.45) is 0 Å². The van der Waals surface area contributed by atoms with E-state index in [0.717, 1.165) is 18.7 Å². The predicted octanol–water partition coefficient (Wildman–Crippen LogP) is 2.31. The molecule has 18 heavy (non-hydrogen) atoms. The first-order valence-electron chi connectivity index (χ1n) is 6.22. The Morgan fingerprint density at radius 2 is 2.06 bits per heavy atom. The maximum Gasteiger partial charge on any atom is 0.407 e. The molecule has 2 N–H and O–H groups in total. The molecule has 0 fully saturated rings. The topological polar surface area (TPSA) is 50.4 Å². The lowest BCUT2D eigenvalue weighted by atomic mass is 10.1. The van der Waals surface area contributed by atoms with E-state index < -0.39 is 5.60 Å². The number of alkyl carbamates (subject to hydrolysis) is 1. The second kappa shape index (κ2) is 4.98. The smallest absolute Gasteiger partial charge is 0.407 e. The van der Waals surface area contributed by atoms with Gasteiger partial charge in [0.15, 0.2) is 0 Å². The summed E-state index contributed by atoms with van der Waals surface area (Å²) in [7, 11) is 0. The highest BCUT2D eigenvalue weighted by Gasteiger charge is 2.16. The van der Waals surface area contributed by atoms with E-state index in [9.17, 15) is 4.79 Å². The number of carbonyl (C=O) groups is 1. The van der Waals surface area contributed by atoms with Gasteiger partial charge in [0.1, 0.15) is 5.60 Å². The minimum Gasteiger partial charge on any atom is -0.444 e. The Labute approximate surface area is 108 Å². The maximum atomic E-state index is 11.5. The van der Waals surface area contributed by atoms with Crippen LogP contribution in [0.5, 0.6) is 0 Å². The first-order valence-corrected chi connectivity index (χ1v) is 6.22. The molecule has 0 aromatic heterocycles. The molecule has 0 aliphatic carbocycles. The summed E-state index contributed by atoms with van der Waals surface area (Å²) >= 11 is 0. The minimum atomic E-state index is -0.452. The molecule has 98 valence electrons. The molecule has 4 nitrogen and oxygen atoms in total. The number of ether oxygens (including phenoxy) is 1. The summed E-state index contributed by atoms with van der Waals surface area (Å²) in [4.78, 5) is 11.5. The van der Waals surface area contributed by atoms with Crippen LogP contribution in [0.2, 0.25) is 0 Å². The molecule has 0 unspecified atom stereocenters. The summed E-state index contributed by atoms with van der Waals surface area (Å²) in [6.07, 6.45) is -0.374. The lowest BCUT2D eigenvalue weighted by molar-refractivity contribution is 0.0523. The molecule has 1 aromatic carbocycles. The fraction of sp³-hybridized carbons (Fsp3) is 0.500. The number of hydrogen-bond donors (Lipinski definition) is 2. The van der Waals surface area contributed by atoms with Gasteiger partial charge in [-0.2, -0.15) is 0 Å². The Bertz CT molecular complexity index is 450. The second-order valence-electron chi connectivity index (χ2n) is 5.56. The molecule has 0 saturated carbocycles. The van der Waals surface area contributed by atoms with Gasteiger partial charge in [0.05, 0.1) is 0 Å². The molecule has 0 saturated heterocycles. The van der Waals surface area contributed by atoms with Crippen LogP contribution in [0.15, 0.2) is 18.2 Å². The fourth-order valence-corrected chi connectivity index (χ4v) is 1.95. The molecule has 1 heterocycles. The first-order chi connectivity index (χ1) is 8.44. The number of rotatable bonds is 2. The van der Waals surface area contributed by atoms with Crippen LogP contribution >= 0.6 is 0 Å². The fourth-order valence-electron chi connectivity index (χ4n) is 1.95. The van der Waals surface area contributed by atoms with E-state index in [4.69, 9.17) is 4.74 Å². The zero-order valence-corrected chi connectivity index (χ0v) is 11.2. The van der Waals surface area contributed by atoms with Crippen LogP contribution in [0.4, 0.5) is 4.79 Å². The molecule has 1 amide bonds. The van der Waals surface area contributed by atoms with Crippen molar-refractivity contribution in [2.45, 2.75) is 46.0 Å². The number of fused-ring (bicyclic) bond motifs is 1. The van der Waals surface area contributed by atoms with E-state index in [1.165, 1.54) is 11.1 Å². The highest BCUT2D eigenvalue weighted by Crippen LogP contribution is 2.17. The summed E-state index contributed by atoms with van der Waals surface area (Å²) in [6.45, 7) is 7.92. The zero-order chi connectivity index (χ0) is 13.2. The average Bonchev–Trinajstić information content (AvgIpc) is 2.71. The van der Waals surface area contributed by atoms with E-state index in [1.54, 1.807) is 0 Å². The van der Waals surface area contributed by atoms with Gasteiger partial charge in [0.2, 0.25) is 0 Å². The van der Waals surface area contributed by atoms with Crippen molar-refractivity contribution in [2.75, 3.05) is 0 Å². The monoisotopic (exact) mass is 248 g/mol. The van der Waals surface area contributed by atoms with Crippen molar-refractivity contribution in [3.05, 3.63) is 34.9 Å². The van der Waals surface area contributed by atoms with Gasteiger partial charge in [0.25, 0.3) is 0 Å². The molecule has 0 radical (unpaired) electrons. The van der Waals surface area contributed by atoms with Crippen LogP contribution < -0.4 is 10.6 Å². The highest BCUT2D eigenvalue weighted by molar-refractivity contribution is 5.67. The summed E-state index contributed by atoms with van der Waals surface area (Å²) in [5.74, 6) is 0. The molecule has 1 aliphatic rings. The van der Waals surface area contributed by atoms with Crippen molar-refractivity contribution in [3.8, 4) is 0 Å². The van der Waals surface area contributed by atoms with Crippen LogP contribution in [0.25, 0.3) is 0 Å². The number of amides is 1. The molecular weight excluding hydrogens is 228 g/mol. The number of nitrogens with one attached hydrogen (secondary N) is 2. The average molecular weight is 248 g/mol. The zero-order valence-electron chi connectivity index (χ0n) is 11.2. The number of hydrogen-bond acceptors (Lipinski definition) is 3. The van der Waals surface area contributed by atoms with Crippen LogP contribution in [-0.2, 0) is 24.4 Å². The minimum absolute atomic E-state index is 0.374. The molecular formula is C14H20N2O2. The number of benzene rings is 1. The largest absolute Gasteiger partial charge is 0.444 e. The molecule has 0 spiro atoms. The van der Waals surface area contributed by atoms with Crippen molar-refractivity contribution in [1.82, 2.24) is 10.6 Å². The van der Waals surface area contributed by atoms with Gasteiger partial charge < -0.3 is 15.4 Å². The highest BCUT2D eigenvalue weighted by atomic mass is 16.6. The molecule has 1 aliphatic heterocycles. The Hall–Kier alpha value is -1.55. The predicted molar refractivity (Wildman–Crippen MR) is 70.1 cm³/mol. The Kier molecular flexibility index (Phi) is 3.57. The summed E-state index contributed by atoms with van der Waals surface area (Å²) in [6, 6.07) is 6.29. The molecule has 0 bridgehead atoms. The van der Waals surface area contributed by atoms with Gasteiger partial charge in [-0.25, -0.2) is 4.79 Å². The van der Waals surface area contributed by atoms with Crippen LogP contribution in [0, 0.1) is 0 Å². The quantitative estimate of drug-likeness (QED) is 0.844. The second-order valence-corrected chi connectivity index (χ2v) is 5.56. The third kappa shape index (κ3) is 3.47. The van der Waals surface area contributed by atoms with Crippen LogP contribution in [0.3, 0.4) is 0 Å². The summed E-state index contributed by atoms with van der Waals surface area (Å²) in [5.41, 5.74) is 3.31. The van der Waals surface area contributed by atoms with E-state index in [-0.39, 0.29) is 6.09 Å². The van der Waals surface area contributed by atoms with E-state index in [0.29, 0.717) is 6.54 Å². The molecule has 1 aromatic rings. The van der Waals surface area contributed by atoms with Gasteiger partial charge >= 0.3 is 6.09 Å². The maximum absolute atomic E-state index is 11.5. The lowest BCUT2D eigenvalue weighted by Crippen LogP contribution is -2.32. The Morgan fingerprint density at radius 1 is 1.33 bits per heavy atom. The van der Waals surface area contributed by atoms with E-state index in [1.807, 2.05) is 26.8 Å². The summed E-state index contributed by atoms with van der Waals surface area (Å²) < 4.78 is 5.19. The molecule has 2 rings (SSSR count). The molecule has 4 heteroatoms. The summed E-state index contributed by atoms with van der Waals surface area (Å²) in [5, 5.41) is 6.06. The van der Waals surface area contributed by atoms with Crippen molar-refractivity contribution in [3.63, 3.8) is 0 Å². The van der Waals surface area contributed by atoms with Crippen molar-refractivity contribution in [1.29, 1.82) is 0 Å². The van der Waals surface area contributed by atoms with Crippen molar-refractivity contribution < 1.29 is 9.53 Å². The van der Waals surface area contributed by atoms with Gasteiger partial charge in [-0.1, -0.05) is 18.2 Å². The van der Waals surface area contributed by atoms with Gasteiger partial charge in [0, 0.05) is 19.6 Å². The number of carbonyl (C=O) groups excluding carboxylic acids is 1. The SMILES string of the molecule is CC(C)(C)OC(=O)NCc1ccc2c(c1)CNC2. The standard InChI is InChI=1S/C14H20N2O2/c1-14(2,3)18-13(17)16-7-10-4-5-11-8-15-9-12(11)6-10/h4-6,15H,7-9H2,1-3H3,(H,16,17). The van der Waals surface area contributed by atoms with Crippen LogP contribution in [0.1, 0.15) is 37.5 Å². The normalized spacial score (nSPS) is 14.2. The third-order valence-corrected chi connectivity index (χ3v) is 2.74. The van der Waals surface area contributed by atoms with Crippen molar-refractivity contribution >= 4 is 6.09 Å². The van der Waals surface area contributed by atoms with Gasteiger partial charge in [-0.15, -0.1) is 0 Å². The Morgan fingerprint density at radius 3 is 2.78 bits per heavy atom. The van der Waals surface area contributed by atoms with Gasteiger partial charge in [-0.05, 0) is 37.5 Å². The third-order valence-electron chi connectivity index (χ3n) is 2.74. The van der Waals surface area contributed by atoms with Crippen LogP contribution in [-0.4, -0.2) is 11.7 Å². The Balaban J connectivity index is 1.89. The van der Waals surface area contributed by atoms with Gasteiger partial charge in [-0.3, -0.25) is 0 Å². The first kappa shape index (κ1) is 12.9.